The van der Waals surface area contributed by atoms with Crippen LogP contribution in [0.4, 0.5) is 0 Å². The van der Waals surface area contributed by atoms with Crippen molar-refractivity contribution in [2.75, 3.05) is 18.5 Å². The van der Waals surface area contributed by atoms with Crippen molar-refractivity contribution in [3.05, 3.63) is 0 Å². The van der Waals surface area contributed by atoms with Gasteiger partial charge in [-0.25, -0.2) is 0 Å². The predicted octanol–water partition coefficient (Wildman–Crippen LogP) is 4.29. The van der Waals surface area contributed by atoms with Gasteiger partial charge in [-0.1, -0.05) is 34.6 Å². The van der Waals surface area contributed by atoms with Crippen molar-refractivity contribution in [2.45, 2.75) is 76.4 Å². The fourth-order valence-electron chi connectivity index (χ4n) is 5.86. The summed E-state index contributed by atoms with van der Waals surface area (Å²) in [5.41, 5.74) is -0.128. The average Bonchev–Trinajstić information content (AvgIpc) is 3.27. The van der Waals surface area contributed by atoms with Gasteiger partial charge < -0.3 is 5.11 Å². The third-order valence-electron chi connectivity index (χ3n) is 8.44. The zero-order valence-electron chi connectivity index (χ0n) is 18.4. The number of hydrogen-bond acceptors (Lipinski definition) is 1. The van der Waals surface area contributed by atoms with E-state index < -0.39 is 28.2 Å². The quantitative estimate of drug-likeness (QED) is 0.439. The minimum atomic E-state index is -0.759. The molecule has 0 amide bonds. The standard InChI is InChI=1S/C21H44BOP3/c1-10-24(7)13-17(25(8)11-2)26(9)19(4,5)14-21-12-16(21)18(22)20(6,23)15(21)3/h15-18,23-26H,7-14,22H2,1-6H3/t15-,16+,17?,18+,20+,21+/m0/s1. The summed E-state index contributed by atoms with van der Waals surface area (Å²) in [6.07, 6.45) is 20.4. The van der Waals surface area contributed by atoms with E-state index in [1.54, 1.807) is 0 Å². The Morgan fingerprint density at radius 1 is 1.23 bits per heavy atom. The molecule has 0 aromatic carbocycles. The Morgan fingerprint density at radius 2 is 1.81 bits per heavy atom. The summed E-state index contributed by atoms with van der Waals surface area (Å²) in [5.74, 6) is 1.56. The third-order valence-corrected chi connectivity index (χ3v) is 18.6. The molecule has 0 aliphatic heterocycles. The van der Waals surface area contributed by atoms with E-state index >= 15 is 0 Å². The molecule has 1 nitrogen and oxygen atoms in total. The zero-order chi connectivity index (χ0) is 20.1. The van der Waals surface area contributed by atoms with Gasteiger partial charge in [0.05, 0.1) is 5.60 Å². The Morgan fingerprint density at radius 3 is 2.23 bits per heavy atom. The van der Waals surface area contributed by atoms with Gasteiger partial charge >= 0.3 is 0 Å². The topological polar surface area (TPSA) is 20.2 Å². The van der Waals surface area contributed by atoms with E-state index in [-0.39, 0.29) is 0 Å². The van der Waals surface area contributed by atoms with Crippen LogP contribution in [-0.2, 0) is 0 Å². The van der Waals surface area contributed by atoms with Crippen molar-refractivity contribution in [3.63, 3.8) is 0 Å². The summed E-state index contributed by atoms with van der Waals surface area (Å²) < 4.78 is 0. The summed E-state index contributed by atoms with van der Waals surface area (Å²) in [4.78, 5) is 0. The predicted molar refractivity (Wildman–Crippen MR) is 137 cm³/mol. The van der Waals surface area contributed by atoms with E-state index in [2.05, 4.69) is 62.0 Å². The van der Waals surface area contributed by atoms with Crippen LogP contribution in [0.1, 0.15) is 54.4 Å². The Labute approximate surface area is 166 Å². The lowest BCUT2D eigenvalue weighted by Gasteiger charge is -2.41. The van der Waals surface area contributed by atoms with Crippen LogP contribution in [0.15, 0.2) is 0 Å². The second-order valence-corrected chi connectivity index (χ2v) is 19.3. The minimum absolute atomic E-state index is 0.303. The molecule has 0 aromatic heterocycles. The SMILES string of the molecule is B[C@@H]1[C@H]2C[C@@]2(CC(C)(C)[PH](=C)C(C[PH](=C)CC)[PH](=C)CC)[C@@H](C)[C@@]1(C)O. The summed E-state index contributed by atoms with van der Waals surface area (Å²) in [7, 11) is 0.468. The molecule has 152 valence electrons. The molecule has 2 aliphatic carbocycles. The van der Waals surface area contributed by atoms with Crippen LogP contribution in [0.25, 0.3) is 0 Å². The molecule has 0 bridgehead atoms. The molecule has 5 heteroatoms. The molecule has 0 radical (unpaired) electrons. The first-order chi connectivity index (χ1) is 11.8. The number of hydrogen-bond donors (Lipinski definition) is 1. The molecule has 1 N–H and O–H groups in total. The monoisotopic (exact) mass is 416 g/mol. The lowest BCUT2D eigenvalue weighted by atomic mass is 9.69. The molecule has 0 spiro atoms. The minimum Gasteiger partial charge on any atom is -0.390 e. The van der Waals surface area contributed by atoms with E-state index in [1.807, 2.05) is 0 Å². The van der Waals surface area contributed by atoms with Gasteiger partial charge in [0.25, 0.3) is 0 Å². The summed E-state index contributed by atoms with van der Waals surface area (Å²) in [5, 5.41) is 12.1. The molecule has 2 aliphatic rings. The molecule has 2 rings (SSSR count). The van der Waals surface area contributed by atoms with E-state index in [1.165, 1.54) is 31.3 Å². The highest BCUT2D eigenvalue weighted by molar-refractivity contribution is 7.75. The Kier molecular flexibility index (Phi) is 7.12. The molecular weight excluding hydrogens is 372 g/mol. The second kappa shape index (κ2) is 7.98. The van der Waals surface area contributed by atoms with Crippen molar-refractivity contribution in [1.82, 2.24) is 0 Å². The van der Waals surface area contributed by atoms with Gasteiger partial charge in [-0.15, -0.1) is 41.5 Å². The lowest BCUT2D eigenvalue weighted by molar-refractivity contribution is -0.00301. The first-order valence-corrected chi connectivity index (χ1v) is 16.5. The molecule has 26 heavy (non-hydrogen) atoms. The van der Waals surface area contributed by atoms with Crippen LogP contribution >= 0.6 is 22.6 Å². The smallest absolute Gasteiger partial charge is 0.109 e. The van der Waals surface area contributed by atoms with E-state index in [0.29, 0.717) is 22.3 Å². The van der Waals surface area contributed by atoms with Crippen molar-refractivity contribution in [2.24, 2.45) is 17.3 Å². The largest absolute Gasteiger partial charge is 0.390 e. The van der Waals surface area contributed by atoms with Gasteiger partial charge in [-0.3, -0.25) is 0 Å². The van der Waals surface area contributed by atoms with Crippen LogP contribution in [0.2, 0.25) is 5.82 Å². The van der Waals surface area contributed by atoms with E-state index in [0.717, 1.165) is 11.3 Å². The molecule has 0 aromatic rings. The highest BCUT2D eigenvalue weighted by Gasteiger charge is 2.71. The van der Waals surface area contributed by atoms with Crippen molar-refractivity contribution in [1.29, 1.82) is 0 Å². The molecule has 0 heterocycles. The van der Waals surface area contributed by atoms with Crippen LogP contribution < -0.4 is 0 Å². The van der Waals surface area contributed by atoms with Crippen molar-refractivity contribution < 1.29 is 5.11 Å². The number of fused-ring (bicyclic) bond motifs is 1. The van der Waals surface area contributed by atoms with Gasteiger partial charge in [0.2, 0.25) is 0 Å². The second-order valence-electron chi connectivity index (χ2n) is 10.2. The van der Waals surface area contributed by atoms with E-state index in [4.69, 9.17) is 6.30 Å². The normalized spacial score (nSPS) is 41.3. The fourth-order valence-corrected chi connectivity index (χ4v) is 16.4. The van der Waals surface area contributed by atoms with Crippen LogP contribution in [-0.4, -0.2) is 66.5 Å². The molecule has 4 unspecified atom stereocenters. The Hall–Kier alpha value is 0.925. The van der Waals surface area contributed by atoms with E-state index in [9.17, 15) is 5.11 Å². The van der Waals surface area contributed by atoms with Gasteiger partial charge in [0.1, 0.15) is 7.85 Å². The summed E-state index contributed by atoms with van der Waals surface area (Å²) in [6.45, 7) is 14.0. The van der Waals surface area contributed by atoms with Crippen molar-refractivity contribution >= 4 is 49.4 Å². The van der Waals surface area contributed by atoms with Crippen LogP contribution in [0.5, 0.6) is 0 Å². The highest BCUT2D eigenvalue weighted by atomic mass is 31.2. The van der Waals surface area contributed by atoms with Gasteiger partial charge in [-0.05, 0) is 71.9 Å². The van der Waals surface area contributed by atoms with Gasteiger partial charge in [-0.2, -0.15) is 0 Å². The Balaban J connectivity index is 2.22. The molecule has 2 saturated carbocycles. The third kappa shape index (κ3) is 3.97. The lowest BCUT2D eigenvalue weighted by Crippen LogP contribution is -2.38. The first kappa shape index (κ1) is 23.2. The maximum atomic E-state index is 11.0. The molecule has 0 saturated heterocycles. The van der Waals surface area contributed by atoms with Crippen LogP contribution in [0.3, 0.4) is 0 Å². The maximum Gasteiger partial charge on any atom is 0.109 e. The number of rotatable bonds is 9. The highest BCUT2D eigenvalue weighted by Crippen LogP contribution is 2.77. The van der Waals surface area contributed by atoms with Gasteiger partial charge in [0.15, 0.2) is 0 Å². The summed E-state index contributed by atoms with van der Waals surface area (Å²) >= 11 is 0. The number of aliphatic hydroxyl groups is 1. The molecule has 9 atom stereocenters. The van der Waals surface area contributed by atoms with Gasteiger partial charge in [0, 0.05) is 0 Å². The van der Waals surface area contributed by atoms with Crippen molar-refractivity contribution in [3.8, 4) is 0 Å². The molecular formula is C21H44BOP3. The van der Waals surface area contributed by atoms with Crippen LogP contribution in [0, 0.1) is 17.3 Å². The first-order valence-electron chi connectivity index (χ1n) is 10.6. The Bertz CT molecular complexity index is 612. The zero-order valence-corrected chi connectivity index (χ0v) is 21.4. The average molecular weight is 416 g/mol. The fraction of sp³-hybridized carbons (Fsp3) is 0.857. The summed E-state index contributed by atoms with van der Waals surface area (Å²) in [6, 6.07) is 0. The molecule has 2 fully saturated rings. The maximum absolute atomic E-state index is 11.0.